The monoisotopic (exact) mass is 894 g/mol. The maximum absolute atomic E-state index is 14.3. The first-order valence-corrected chi connectivity index (χ1v) is 19.4. The Labute approximate surface area is 356 Å². The van der Waals surface area contributed by atoms with Gasteiger partial charge in [0.1, 0.15) is 45.5 Å². The number of aryl methyl sites for hydroxylation is 3. The molecular weight excluding hydrogens is 865 g/mol. The van der Waals surface area contributed by atoms with Crippen molar-refractivity contribution in [2.45, 2.75) is 51.6 Å². The highest BCUT2D eigenvalue weighted by Crippen LogP contribution is 2.48. The topological polar surface area (TPSA) is 142 Å². The van der Waals surface area contributed by atoms with Gasteiger partial charge in [0.15, 0.2) is 0 Å². The van der Waals surface area contributed by atoms with E-state index in [1.165, 1.54) is 37.3 Å². The van der Waals surface area contributed by atoms with E-state index in [0.717, 1.165) is 11.1 Å². The highest BCUT2D eigenvalue weighted by Gasteiger charge is 2.38. The molecule has 6 aromatic rings. The van der Waals surface area contributed by atoms with Crippen LogP contribution in [0.25, 0.3) is 0 Å². The lowest BCUT2D eigenvalue weighted by atomic mass is 9.90. The minimum atomic E-state index is -5.02. The number of carbonyl (C=O) groups excluding carboxylic acids is 2. The SMILES string of the molecule is Cc1ccc2c(c1)Oc1cccc(C)c1C2NC(=O)c1c(Cc2cc(Cl)c3c(c2)Oc2cc(Cl)ccc2C3NC(=O)c2c(C)cc(C(F)(F)F)[nH]c2=O)cc(C(F)(F)F)[nH]c1=O. The van der Waals surface area contributed by atoms with Crippen molar-refractivity contribution in [3.63, 3.8) is 0 Å². The number of halogens is 8. The second kappa shape index (κ2) is 15.4. The average molecular weight is 896 g/mol. The summed E-state index contributed by atoms with van der Waals surface area (Å²) in [6, 6.07) is 16.9. The van der Waals surface area contributed by atoms with E-state index in [4.69, 9.17) is 32.7 Å². The first-order chi connectivity index (χ1) is 29.2. The van der Waals surface area contributed by atoms with Gasteiger partial charge >= 0.3 is 12.4 Å². The number of amides is 2. The Morgan fingerprint density at radius 3 is 1.89 bits per heavy atom. The fourth-order valence-corrected chi connectivity index (χ4v) is 8.29. The number of alkyl halides is 6. The molecule has 318 valence electrons. The number of pyridine rings is 2. The van der Waals surface area contributed by atoms with Gasteiger partial charge in [0, 0.05) is 27.3 Å². The summed E-state index contributed by atoms with van der Waals surface area (Å²) in [6.07, 6.45) is -10.4. The largest absolute Gasteiger partial charge is 0.457 e. The summed E-state index contributed by atoms with van der Waals surface area (Å²) >= 11 is 13.1. The van der Waals surface area contributed by atoms with Gasteiger partial charge in [-0.15, -0.1) is 0 Å². The van der Waals surface area contributed by atoms with Gasteiger partial charge in [-0.25, -0.2) is 0 Å². The minimum absolute atomic E-state index is 0.0290. The van der Waals surface area contributed by atoms with Crippen molar-refractivity contribution in [1.29, 1.82) is 0 Å². The predicted molar refractivity (Wildman–Crippen MR) is 216 cm³/mol. The van der Waals surface area contributed by atoms with Crippen LogP contribution in [0.3, 0.4) is 0 Å². The molecule has 0 fully saturated rings. The van der Waals surface area contributed by atoms with Crippen LogP contribution in [-0.2, 0) is 18.8 Å². The molecule has 0 saturated carbocycles. The van der Waals surface area contributed by atoms with E-state index in [1.54, 1.807) is 53.3 Å². The molecule has 4 N–H and O–H groups in total. The lowest BCUT2D eigenvalue weighted by molar-refractivity contribution is -0.142. The molecule has 0 aliphatic carbocycles. The van der Waals surface area contributed by atoms with Crippen LogP contribution in [-0.4, -0.2) is 21.8 Å². The molecule has 2 aliphatic heterocycles. The summed E-state index contributed by atoms with van der Waals surface area (Å²) in [4.78, 5) is 57.9. The number of benzene rings is 4. The summed E-state index contributed by atoms with van der Waals surface area (Å²) in [5.41, 5.74) is -3.87. The summed E-state index contributed by atoms with van der Waals surface area (Å²) in [6.45, 7) is 4.82. The van der Waals surface area contributed by atoms with Crippen molar-refractivity contribution in [3.05, 3.63) is 182 Å². The molecule has 0 bridgehead atoms. The smallest absolute Gasteiger partial charge is 0.431 e. The van der Waals surface area contributed by atoms with Crippen molar-refractivity contribution in [2.75, 3.05) is 0 Å². The molecule has 4 heterocycles. The van der Waals surface area contributed by atoms with Gasteiger partial charge in [0.2, 0.25) is 0 Å². The Bertz CT molecular complexity index is 3000. The zero-order valence-electron chi connectivity index (χ0n) is 32.3. The Morgan fingerprint density at radius 1 is 0.645 bits per heavy atom. The summed E-state index contributed by atoms with van der Waals surface area (Å²) in [5, 5.41) is 5.62. The maximum Gasteiger partial charge on any atom is 0.431 e. The third-order valence-corrected chi connectivity index (χ3v) is 11.1. The van der Waals surface area contributed by atoms with Crippen molar-refractivity contribution >= 4 is 35.0 Å². The van der Waals surface area contributed by atoms with Crippen LogP contribution in [0.1, 0.15) is 94.3 Å². The Balaban J connectivity index is 1.19. The summed E-state index contributed by atoms with van der Waals surface area (Å²) in [5.74, 6) is -1.09. The normalized spacial score (nSPS) is 15.3. The fraction of sp³-hybridized carbons (Fsp3) is 0.182. The van der Waals surface area contributed by atoms with Crippen LogP contribution < -0.4 is 31.2 Å². The molecule has 0 radical (unpaired) electrons. The lowest BCUT2D eigenvalue weighted by Crippen LogP contribution is -2.37. The highest BCUT2D eigenvalue weighted by atomic mass is 35.5. The van der Waals surface area contributed by atoms with Crippen LogP contribution >= 0.6 is 23.2 Å². The molecule has 0 saturated heterocycles. The molecule has 18 heteroatoms. The standard InChI is InChI=1S/C44H30Cl2F6N4O6/c1-18-7-9-24-28(11-18)61-27-6-4-5-19(2)33(27)37(24)55-42(60)35-22(16-32(44(50,51)52)54-41(35)59)13-21-14-26(46)36-30(15-21)62-29-17-23(45)8-10-25(29)38(36)56-40(58)34-20(3)12-31(43(47,48)49)53-39(34)57/h4-12,14-17,37-38H,13H2,1-3H3,(H,53,57)(H,54,59)(H,55,60)(H,56,58). The molecule has 2 aliphatic rings. The number of aromatic nitrogens is 2. The fourth-order valence-electron chi connectivity index (χ4n) is 7.78. The molecular formula is C44H30Cl2F6N4O6. The number of rotatable bonds is 6. The van der Waals surface area contributed by atoms with E-state index in [0.29, 0.717) is 34.8 Å². The molecule has 10 nitrogen and oxygen atoms in total. The van der Waals surface area contributed by atoms with E-state index in [9.17, 15) is 45.5 Å². The third kappa shape index (κ3) is 7.79. The zero-order chi connectivity index (χ0) is 44.6. The molecule has 4 aromatic carbocycles. The zero-order valence-corrected chi connectivity index (χ0v) is 33.9. The van der Waals surface area contributed by atoms with E-state index in [2.05, 4.69) is 10.6 Å². The summed E-state index contributed by atoms with van der Waals surface area (Å²) in [7, 11) is 0. The van der Waals surface area contributed by atoms with Crippen LogP contribution in [0.5, 0.6) is 23.0 Å². The molecule has 8 rings (SSSR count). The molecule has 2 unspecified atom stereocenters. The third-order valence-electron chi connectivity index (χ3n) is 10.6. The Kier molecular flexibility index (Phi) is 10.5. The van der Waals surface area contributed by atoms with E-state index in [-0.39, 0.29) is 49.4 Å². The predicted octanol–water partition coefficient (Wildman–Crippen LogP) is 10.2. The van der Waals surface area contributed by atoms with Gasteiger partial charge in [0.05, 0.1) is 17.1 Å². The minimum Gasteiger partial charge on any atom is -0.457 e. The van der Waals surface area contributed by atoms with Crippen molar-refractivity contribution in [1.82, 2.24) is 20.6 Å². The van der Waals surface area contributed by atoms with Gasteiger partial charge in [-0.3, -0.25) is 19.2 Å². The average Bonchev–Trinajstić information content (AvgIpc) is 3.16. The van der Waals surface area contributed by atoms with Crippen molar-refractivity contribution in [2.24, 2.45) is 0 Å². The van der Waals surface area contributed by atoms with Gasteiger partial charge < -0.3 is 30.1 Å². The number of carbonyl (C=O) groups is 2. The highest BCUT2D eigenvalue weighted by molar-refractivity contribution is 6.32. The number of hydrogen-bond acceptors (Lipinski definition) is 6. The lowest BCUT2D eigenvalue weighted by Gasteiger charge is -2.31. The molecule has 2 amide bonds. The molecule has 2 atom stereocenters. The number of fused-ring (bicyclic) bond motifs is 4. The van der Waals surface area contributed by atoms with Crippen molar-refractivity contribution in [3.8, 4) is 23.0 Å². The first-order valence-electron chi connectivity index (χ1n) is 18.6. The van der Waals surface area contributed by atoms with Crippen LogP contribution in [0.2, 0.25) is 10.0 Å². The van der Waals surface area contributed by atoms with Crippen LogP contribution in [0.4, 0.5) is 26.3 Å². The quantitative estimate of drug-likeness (QED) is 0.123. The van der Waals surface area contributed by atoms with E-state index < -0.39 is 76.3 Å². The second-order valence-corrected chi connectivity index (χ2v) is 15.7. The van der Waals surface area contributed by atoms with Gasteiger partial charge in [-0.05, 0) is 104 Å². The van der Waals surface area contributed by atoms with E-state index >= 15 is 0 Å². The molecule has 0 spiro atoms. The van der Waals surface area contributed by atoms with Gasteiger partial charge in [-0.1, -0.05) is 53.5 Å². The molecule has 62 heavy (non-hydrogen) atoms. The van der Waals surface area contributed by atoms with Crippen LogP contribution in [0.15, 0.2) is 88.5 Å². The number of nitrogens with one attached hydrogen (secondary N) is 4. The number of ether oxygens (including phenoxy) is 2. The molecule has 2 aromatic heterocycles. The van der Waals surface area contributed by atoms with E-state index in [1.807, 2.05) is 6.92 Å². The number of aromatic amines is 2. The Morgan fingerprint density at radius 2 is 1.23 bits per heavy atom. The van der Waals surface area contributed by atoms with Gasteiger partial charge in [0.25, 0.3) is 22.9 Å². The first kappa shape index (κ1) is 42.2. The Hall–Kier alpha value is -6.52. The summed E-state index contributed by atoms with van der Waals surface area (Å²) < 4.78 is 95.1. The van der Waals surface area contributed by atoms with Crippen molar-refractivity contribution < 1.29 is 45.4 Å². The van der Waals surface area contributed by atoms with Crippen LogP contribution in [0, 0.1) is 20.8 Å². The van der Waals surface area contributed by atoms with Gasteiger partial charge in [-0.2, -0.15) is 26.3 Å². The second-order valence-electron chi connectivity index (χ2n) is 14.9. The number of hydrogen-bond donors (Lipinski definition) is 4. The number of H-pyrrole nitrogens is 2. The maximum atomic E-state index is 14.3.